The van der Waals surface area contributed by atoms with Crippen LogP contribution < -0.4 is 4.74 Å². The van der Waals surface area contributed by atoms with Gasteiger partial charge in [-0.1, -0.05) is 24.3 Å². The molecule has 0 saturated carbocycles. The highest BCUT2D eigenvalue weighted by molar-refractivity contribution is 14.1. The van der Waals surface area contributed by atoms with Gasteiger partial charge in [0.2, 0.25) is 0 Å². The van der Waals surface area contributed by atoms with Crippen molar-refractivity contribution >= 4 is 33.9 Å². The number of hydrogen-bond acceptors (Lipinski definition) is 3. The molecule has 0 bridgehead atoms. The van der Waals surface area contributed by atoms with E-state index in [-0.39, 0.29) is 0 Å². The number of rotatable bonds is 3. The van der Waals surface area contributed by atoms with Crippen LogP contribution in [0.1, 0.15) is 0 Å². The Labute approximate surface area is 135 Å². The Kier molecular flexibility index (Phi) is 4.03. The summed E-state index contributed by atoms with van der Waals surface area (Å²) in [6, 6.07) is 16.4. The van der Waals surface area contributed by atoms with Crippen molar-refractivity contribution in [2.24, 2.45) is 0 Å². The van der Waals surface area contributed by atoms with Crippen molar-refractivity contribution in [2.75, 3.05) is 7.11 Å². The van der Waals surface area contributed by atoms with E-state index in [1.165, 1.54) is 3.57 Å². The third kappa shape index (κ3) is 2.86. The van der Waals surface area contributed by atoms with Crippen molar-refractivity contribution in [3.8, 4) is 27.6 Å². The normalized spacial score (nSPS) is 10.5. The summed E-state index contributed by atoms with van der Waals surface area (Å²) >= 11 is 3.96. The molecule has 0 N–H and O–H groups in total. The molecular formula is C16H12INOS. The van der Waals surface area contributed by atoms with Crippen molar-refractivity contribution in [3.63, 3.8) is 0 Å². The lowest BCUT2D eigenvalue weighted by atomic mass is 10.2. The van der Waals surface area contributed by atoms with Gasteiger partial charge >= 0.3 is 0 Å². The molecule has 2 nitrogen and oxygen atoms in total. The molecule has 0 aliphatic heterocycles. The van der Waals surface area contributed by atoms with Gasteiger partial charge in [0.15, 0.2) is 0 Å². The van der Waals surface area contributed by atoms with Crippen LogP contribution in [-0.2, 0) is 0 Å². The van der Waals surface area contributed by atoms with Crippen LogP contribution in [0.15, 0.2) is 53.9 Å². The van der Waals surface area contributed by atoms with Crippen LogP contribution >= 0.6 is 33.9 Å². The van der Waals surface area contributed by atoms with E-state index in [2.05, 4.69) is 58.3 Å². The average Bonchev–Trinajstić information content (AvgIpc) is 2.98. The summed E-state index contributed by atoms with van der Waals surface area (Å²) in [5, 5.41) is 3.11. The van der Waals surface area contributed by atoms with Gasteiger partial charge in [0, 0.05) is 20.1 Å². The maximum atomic E-state index is 5.26. The monoisotopic (exact) mass is 393 g/mol. The van der Waals surface area contributed by atoms with E-state index < -0.39 is 0 Å². The molecule has 3 rings (SSSR count). The van der Waals surface area contributed by atoms with Crippen molar-refractivity contribution in [1.29, 1.82) is 0 Å². The predicted molar refractivity (Wildman–Crippen MR) is 92.3 cm³/mol. The van der Waals surface area contributed by atoms with E-state index in [9.17, 15) is 0 Å². The molecular weight excluding hydrogens is 381 g/mol. The first-order chi connectivity index (χ1) is 9.76. The second-order valence-corrected chi connectivity index (χ2v) is 6.38. The van der Waals surface area contributed by atoms with Gasteiger partial charge in [-0.2, -0.15) is 0 Å². The zero-order valence-electron chi connectivity index (χ0n) is 10.8. The van der Waals surface area contributed by atoms with E-state index in [1.54, 1.807) is 18.4 Å². The van der Waals surface area contributed by atoms with Crippen LogP contribution in [0.4, 0.5) is 0 Å². The summed E-state index contributed by atoms with van der Waals surface area (Å²) in [5.41, 5.74) is 3.26. The number of aromatic nitrogens is 1. The summed E-state index contributed by atoms with van der Waals surface area (Å²) < 4.78 is 6.49. The summed E-state index contributed by atoms with van der Waals surface area (Å²) in [6.07, 6.45) is 0. The minimum Gasteiger partial charge on any atom is -0.497 e. The van der Waals surface area contributed by atoms with Gasteiger partial charge in [0.1, 0.15) is 10.8 Å². The highest BCUT2D eigenvalue weighted by Gasteiger charge is 2.07. The molecule has 0 aliphatic rings. The first-order valence-corrected chi connectivity index (χ1v) is 8.08. The third-order valence-electron chi connectivity index (χ3n) is 2.96. The lowest BCUT2D eigenvalue weighted by molar-refractivity contribution is 0.415. The molecule has 0 atom stereocenters. The molecule has 0 amide bonds. The average molecular weight is 393 g/mol. The number of hydrogen-bond donors (Lipinski definition) is 0. The quantitative estimate of drug-likeness (QED) is 0.579. The summed E-state index contributed by atoms with van der Waals surface area (Å²) in [7, 11) is 1.68. The maximum absolute atomic E-state index is 5.26. The Morgan fingerprint density at radius 1 is 1.05 bits per heavy atom. The highest BCUT2D eigenvalue weighted by atomic mass is 127. The van der Waals surface area contributed by atoms with E-state index in [0.717, 1.165) is 27.6 Å². The number of nitrogens with zero attached hydrogens (tertiary/aromatic N) is 1. The van der Waals surface area contributed by atoms with Crippen molar-refractivity contribution in [2.45, 2.75) is 0 Å². The fraction of sp³-hybridized carbons (Fsp3) is 0.0625. The molecule has 1 aromatic heterocycles. The Morgan fingerprint density at radius 3 is 2.60 bits per heavy atom. The van der Waals surface area contributed by atoms with Crippen molar-refractivity contribution in [1.82, 2.24) is 4.98 Å². The van der Waals surface area contributed by atoms with Crippen LogP contribution in [0, 0.1) is 3.57 Å². The lowest BCUT2D eigenvalue weighted by Crippen LogP contribution is -1.84. The van der Waals surface area contributed by atoms with E-state index >= 15 is 0 Å². The van der Waals surface area contributed by atoms with Gasteiger partial charge in [-0.05, 0) is 46.9 Å². The minimum absolute atomic E-state index is 0.855. The predicted octanol–water partition coefficient (Wildman–Crippen LogP) is 5.09. The third-order valence-corrected chi connectivity index (χ3v) is 4.57. The van der Waals surface area contributed by atoms with E-state index in [0.29, 0.717) is 0 Å². The first-order valence-electron chi connectivity index (χ1n) is 6.12. The minimum atomic E-state index is 0.855. The number of benzene rings is 2. The van der Waals surface area contributed by atoms with E-state index in [4.69, 9.17) is 9.72 Å². The summed E-state index contributed by atoms with van der Waals surface area (Å²) in [6.45, 7) is 0. The zero-order valence-corrected chi connectivity index (χ0v) is 13.8. The molecule has 0 aliphatic carbocycles. The molecule has 3 aromatic rings. The van der Waals surface area contributed by atoms with Gasteiger partial charge in [-0.25, -0.2) is 4.98 Å². The smallest absolute Gasteiger partial charge is 0.124 e. The first kappa shape index (κ1) is 13.6. The maximum Gasteiger partial charge on any atom is 0.124 e. The fourth-order valence-corrected chi connectivity index (χ4v) is 3.10. The molecule has 0 spiro atoms. The number of halogens is 1. The summed E-state index contributed by atoms with van der Waals surface area (Å²) in [5.74, 6) is 0.855. The Morgan fingerprint density at radius 2 is 1.85 bits per heavy atom. The largest absolute Gasteiger partial charge is 0.497 e. The van der Waals surface area contributed by atoms with Gasteiger partial charge in [0.05, 0.1) is 12.8 Å². The lowest BCUT2D eigenvalue weighted by Gasteiger charge is -2.01. The molecule has 0 radical (unpaired) electrons. The topological polar surface area (TPSA) is 22.1 Å². The zero-order chi connectivity index (χ0) is 13.9. The van der Waals surface area contributed by atoms with Gasteiger partial charge < -0.3 is 4.74 Å². The van der Waals surface area contributed by atoms with Crippen LogP contribution in [-0.4, -0.2) is 12.1 Å². The number of thiazole rings is 1. The Balaban J connectivity index is 1.95. The second kappa shape index (κ2) is 5.93. The molecule has 100 valence electrons. The number of ether oxygens (including phenoxy) is 1. The Hall–Kier alpha value is -1.40. The molecule has 0 unspecified atom stereocenters. The summed E-state index contributed by atoms with van der Waals surface area (Å²) in [4.78, 5) is 4.72. The second-order valence-electron chi connectivity index (χ2n) is 4.28. The molecule has 1 heterocycles. The van der Waals surface area contributed by atoms with Crippen LogP contribution in [0.5, 0.6) is 5.75 Å². The molecule has 2 aromatic carbocycles. The van der Waals surface area contributed by atoms with Gasteiger partial charge in [-0.3, -0.25) is 0 Å². The van der Waals surface area contributed by atoms with Gasteiger partial charge in [0.25, 0.3) is 0 Å². The fourth-order valence-electron chi connectivity index (χ4n) is 1.92. The molecule has 4 heteroatoms. The van der Waals surface area contributed by atoms with Crippen LogP contribution in [0.3, 0.4) is 0 Å². The van der Waals surface area contributed by atoms with E-state index in [1.807, 2.05) is 18.2 Å². The standard InChI is InChI=1S/C16H12INOS/c1-19-14-4-2-3-12(9-14)16-18-15(10-20-16)11-5-7-13(17)8-6-11/h2-10H,1H3. The molecule has 0 fully saturated rings. The Bertz CT molecular complexity index is 721. The SMILES string of the molecule is COc1cccc(-c2nc(-c3ccc(I)cc3)cs2)c1. The van der Waals surface area contributed by atoms with Crippen molar-refractivity contribution < 1.29 is 4.74 Å². The number of methoxy groups -OCH3 is 1. The van der Waals surface area contributed by atoms with Gasteiger partial charge in [-0.15, -0.1) is 11.3 Å². The van der Waals surface area contributed by atoms with Crippen molar-refractivity contribution in [3.05, 3.63) is 57.5 Å². The molecule has 0 saturated heterocycles. The van der Waals surface area contributed by atoms with Crippen LogP contribution in [0.25, 0.3) is 21.8 Å². The highest BCUT2D eigenvalue weighted by Crippen LogP contribution is 2.30. The molecule has 20 heavy (non-hydrogen) atoms. The van der Waals surface area contributed by atoms with Crippen LogP contribution in [0.2, 0.25) is 0 Å².